The van der Waals surface area contributed by atoms with E-state index >= 15 is 0 Å². The highest BCUT2D eigenvalue weighted by Gasteiger charge is 2.54. The Morgan fingerprint density at radius 3 is 1.97 bits per heavy atom. The monoisotopic (exact) mass is 439 g/mol. The predicted octanol–water partition coefficient (Wildman–Crippen LogP) is 4.56. The van der Waals surface area contributed by atoms with Crippen LogP contribution in [0.3, 0.4) is 0 Å². The van der Waals surface area contributed by atoms with Gasteiger partial charge in [0, 0.05) is 5.56 Å². The molecule has 0 radical (unpaired) electrons. The Hall–Kier alpha value is -2.30. The SMILES string of the molecule is CC1CCC2(CC1)OC[C@H](C(=O)O)N2C(=O)c1cc(C(F)(F)F)cc(C(F)(F)F)c1. The number of carbonyl (C=O) groups is 2. The minimum absolute atomic E-state index is 0.0794. The molecule has 11 heteroatoms. The summed E-state index contributed by atoms with van der Waals surface area (Å²) < 4.78 is 84.6. The number of carboxylic acid groups (broad SMARTS) is 1. The summed E-state index contributed by atoms with van der Waals surface area (Å²) in [6, 6.07) is -0.957. The van der Waals surface area contributed by atoms with Crippen LogP contribution in [0.25, 0.3) is 0 Å². The van der Waals surface area contributed by atoms with Crippen LogP contribution in [0.15, 0.2) is 18.2 Å². The number of aliphatic carboxylic acids is 1. The molecule has 1 spiro atoms. The van der Waals surface area contributed by atoms with Gasteiger partial charge in [0.2, 0.25) is 0 Å². The van der Waals surface area contributed by atoms with Crippen LogP contribution in [-0.2, 0) is 21.9 Å². The lowest BCUT2D eigenvalue weighted by Crippen LogP contribution is -2.55. The molecule has 2 aliphatic rings. The van der Waals surface area contributed by atoms with E-state index in [9.17, 15) is 41.0 Å². The largest absolute Gasteiger partial charge is 0.480 e. The quantitative estimate of drug-likeness (QED) is 0.687. The second kappa shape index (κ2) is 7.44. The molecule has 1 N–H and O–H groups in total. The number of amides is 1. The van der Waals surface area contributed by atoms with Crippen LogP contribution >= 0.6 is 0 Å². The summed E-state index contributed by atoms with van der Waals surface area (Å²) >= 11 is 0. The third kappa shape index (κ3) is 4.12. The fourth-order valence-electron chi connectivity index (χ4n) is 3.99. The number of carbonyl (C=O) groups excluding carboxylic acids is 1. The van der Waals surface area contributed by atoms with Crippen molar-refractivity contribution in [2.75, 3.05) is 6.61 Å². The zero-order valence-corrected chi connectivity index (χ0v) is 15.8. The average Bonchev–Trinajstić information content (AvgIpc) is 3.01. The van der Waals surface area contributed by atoms with Gasteiger partial charge in [0.25, 0.3) is 5.91 Å². The molecule has 5 nitrogen and oxygen atoms in total. The Morgan fingerprint density at radius 1 is 1.03 bits per heavy atom. The highest BCUT2D eigenvalue weighted by Crippen LogP contribution is 2.44. The molecule has 1 amide bonds. The van der Waals surface area contributed by atoms with E-state index in [1.54, 1.807) is 0 Å². The molecule has 30 heavy (non-hydrogen) atoms. The number of hydrogen-bond acceptors (Lipinski definition) is 3. The number of alkyl halides is 6. The first-order valence-electron chi connectivity index (χ1n) is 9.24. The molecule has 166 valence electrons. The number of benzene rings is 1. The zero-order valence-electron chi connectivity index (χ0n) is 15.8. The maximum Gasteiger partial charge on any atom is 0.416 e. The number of nitrogens with zero attached hydrogens (tertiary/aromatic N) is 1. The predicted molar refractivity (Wildman–Crippen MR) is 90.4 cm³/mol. The van der Waals surface area contributed by atoms with Crippen molar-refractivity contribution in [3.63, 3.8) is 0 Å². The van der Waals surface area contributed by atoms with Gasteiger partial charge in [-0.2, -0.15) is 26.3 Å². The van der Waals surface area contributed by atoms with Gasteiger partial charge in [-0.1, -0.05) is 6.92 Å². The van der Waals surface area contributed by atoms with Crippen LogP contribution in [0.1, 0.15) is 54.1 Å². The van der Waals surface area contributed by atoms with E-state index in [1.807, 2.05) is 6.92 Å². The van der Waals surface area contributed by atoms with Crippen LogP contribution < -0.4 is 0 Å². The summed E-state index contributed by atoms with van der Waals surface area (Å²) in [5.41, 5.74) is -5.52. The lowest BCUT2D eigenvalue weighted by molar-refractivity contribution is -0.145. The molecule has 1 aliphatic carbocycles. The number of ether oxygens (including phenoxy) is 1. The van der Waals surface area contributed by atoms with Crippen molar-refractivity contribution in [3.8, 4) is 0 Å². The van der Waals surface area contributed by atoms with Crippen molar-refractivity contribution in [2.24, 2.45) is 5.92 Å². The van der Waals surface area contributed by atoms with Gasteiger partial charge in [-0.05, 0) is 49.8 Å². The smallest absolute Gasteiger partial charge is 0.416 e. The summed E-state index contributed by atoms with van der Waals surface area (Å²) in [6.07, 6.45) is -8.60. The van der Waals surface area contributed by atoms with Gasteiger partial charge in [0.1, 0.15) is 5.72 Å². The molecule has 3 rings (SSSR count). The Bertz CT molecular complexity index is 810. The Kier molecular flexibility index (Phi) is 5.55. The van der Waals surface area contributed by atoms with Crippen LogP contribution in [0.5, 0.6) is 0 Å². The van der Waals surface area contributed by atoms with Crippen LogP contribution in [0.2, 0.25) is 0 Å². The highest BCUT2D eigenvalue weighted by molar-refractivity contribution is 5.98. The third-order valence-electron chi connectivity index (χ3n) is 5.65. The first-order valence-corrected chi connectivity index (χ1v) is 9.24. The zero-order chi connectivity index (χ0) is 22.5. The lowest BCUT2D eigenvalue weighted by Gasteiger charge is -2.42. The molecule has 0 unspecified atom stereocenters. The van der Waals surface area contributed by atoms with Gasteiger partial charge in [-0.25, -0.2) is 4.79 Å². The van der Waals surface area contributed by atoms with Crippen molar-refractivity contribution >= 4 is 11.9 Å². The van der Waals surface area contributed by atoms with Crippen molar-refractivity contribution in [1.82, 2.24) is 4.90 Å². The van der Waals surface area contributed by atoms with Crippen LogP contribution in [0.4, 0.5) is 26.3 Å². The van der Waals surface area contributed by atoms with E-state index in [0.29, 0.717) is 25.0 Å². The number of halogens is 6. The Labute approximate surface area is 167 Å². The van der Waals surface area contributed by atoms with E-state index < -0.39 is 52.7 Å². The molecular weight excluding hydrogens is 420 g/mol. The molecule has 0 aromatic heterocycles. The van der Waals surface area contributed by atoms with Gasteiger partial charge < -0.3 is 9.84 Å². The van der Waals surface area contributed by atoms with E-state index in [4.69, 9.17) is 4.74 Å². The molecular formula is C19H19F6NO4. The molecule has 1 aliphatic heterocycles. The van der Waals surface area contributed by atoms with Crippen molar-refractivity contribution in [2.45, 2.75) is 56.7 Å². The van der Waals surface area contributed by atoms with E-state index in [2.05, 4.69) is 0 Å². The maximum atomic E-state index is 13.2. The van der Waals surface area contributed by atoms with E-state index in [0.717, 1.165) is 4.90 Å². The molecule has 1 atom stereocenters. The summed E-state index contributed by atoms with van der Waals surface area (Å²) in [5.74, 6) is -2.40. The fourth-order valence-corrected chi connectivity index (χ4v) is 3.99. The summed E-state index contributed by atoms with van der Waals surface area (Å²) in [6.45, 7) is 1.56. The first kappa shape index (κ1) is 22.4. The standard InChI is InChI=1S/C19H19F6NO4/c1-10-2-4-17(5-3-10)26(14(9-30-17)16(28)29)15(27)11-6-12(18(20,21)22)8-13(7-11)19(23,24)25/h6-8,10,14H,2-5,9H2,1H3,(H,28,29)/t10?,14-,17?/m1/s1. The first-order chi connectivity index (χ1) is 13.7. The van der Waals surface area contributed by atoms with Gasteiger partial charge in [0.15, 0.2) is 6.04 Å². The van der Waals surface area contributed by atoms with Crippen LogP contribution in [-0.4, -0.2) is 40.3 Å². The van der Waals surface area contributed by atoms with E-state index in [1.165, 1.54) is 0 Å². The van der Waals surface area contributed by atoms with Gasteiger partial charge in [-0.3, -0.25) is 9.69 Å². The van der Waals surface area contributed by atoms with Gasteiger partial charge in [-0.15, -0.1) is 0 Å². The summed E-state index contributed by atoms with van der Waals surface area (Å²) in [5, 5.41) is 9.48. The minimum atomic E-state index is -5.12. The second-order valence-electron chi connectivity index (χ2n) is 7.76. The lowest BCUT2D eigenvalue weighted by atomic mass is 9.83. The minimum Gasteiger partial charge on any atom is -0.480 e. The molecule has 1 aromatic carbocycles. The van der Waals surface area contributed by atoms with Crippen molar-refractivity contribution < 1.29 is 45.8 Å². The Morgan fingerprint density at radius 2 is 1.53 bits per heavy atom. The summed E-state index contributed by atoms with van der Waals surface area (Å²) in [4.78, 5) is 25.6. The number of carboxylic acids is 1. The fraction of sp³-hybridized carbons (Fsp3) is 0.579. The van der Waals surface area contributed by atoms with Gasteiger partial charge >= 0.3 is 18.3 Å². The van der Waals surface area contributed by atoms with Crippen molar-refractivity contribution in [3.05, 3.63) is 34.9 Å². The molecule has 1 aromatic rings. The summed E-state index contributed by atoms with van der Waals surface area (Å²) in [7, 11) is 0. The molecule has 0 bridgehead atoms. The second-order valence-corrected chi connectivity index (χ2v) is 7.76. The molecule has 1 saturated carbocycles. The molecule has 2 fully saturated rings. The Balaban J connectivity index is 2.09. The number of rotatable bonds is 2. The van der Waals surface area contributed by atoms with Crippen molar-refractivity contribution in [1.29, 1.82) is 0 Å². The topological polar surface area (TPSA) is 66.8 Å². The van der Waals surface area contributed by atoms with E-state index in [-0.39, 0.29) is 31.4 Å². The average molecular weight is 439 g/mol. The van der Waals surface area contributed by atoms with Gasteiger partial charge in [0.05, 0.1) is 17.7 Å². The third-order valence-corrected chi connectivity index (χ3v) is 5.65. The normalized spacial score (nSPS) is 27.5. The highest BCUT2D eigenvalue weighted by atomic mass is 19.4. The molecule has 1 heterocycles. The molecule has 1 saturated heterocycles. The van der Waals surface area contributed by atoms with Crippen LogP contribution in [0, 0.1) is 5.92 Å². The number of hydrogen-bond donors (Lipinski definition) is 1. The maximum absolute atomic E-state index is 13.2.